The molecular formula is C13H19N3O2. The zero-order valence-electron chi connectivity index (χ0n) is 10.3. The van der Waals surface area contributed by atoms with Gasteiger partial charge in [0.25, 0.3) is 0 Å². The van der Waals surface area contributed by atoms with Crippen LogP contribution in [0, 0.1) is 0 Å². The minimum absolute atomic E-state index is 0.461. The van der Waals surface area contributed by atoms with E-state index in [0.717, 1.165) is 38.2 Å². The van der Waals surface area contributed by atoms with Gasteiger partial charge in [-0.25, -0.2) is 4.79 Å². The van der Waals surface area contributed by atoms with Gasteiger partial charge in [0.15, 0.2) is 0 Å². The van der Waals surface area contributed by atoms with Crippen molar-refractivity contribution >= 4 is 17.4 Å². The molecule has 1 aromatic rings. The van der Waals surface area contributed by atoms with E-state index in [0.29, 0.717) is 11.7 Å². The minimum atomic E-state index is -0.545. The summed E-state index contributed by atoms with van der Waals surface area (Å²) >= 11 is 0. The van der Waals surface area contributed by atoms with Crippen LogP contribution < -0.4 is 16.4 Å². The van der Waals surface area contributed by atoms with Gasteiger partial charge in [0.1, 0.15) is 0 Å². The van der Waals surface area contributed by atoms with Gasteiger partial charge in [0, 0.05) is 30.6 Å². The summed E-state index contributed by atoms with van der Waals surface area (Å²) in [5, 5.41) is 6.01. The lowest BCUT2D eigenvalue weighted by molar-refractivity contribution is 0.144. The van der Waals surface area contributed by atoms with Crippen molar-refractivity contribution in [2.75, 3.05) is 23.8 Å². The molecule has 0 bridgehead atoms. The van der Waals surface area contributed by atoms with Crippen LogP contribution in [0.25, 0.3) is 0 Å². The Morgan fingerprint density at radius 3 is 2.61 bits per heavy atom. The summed E-state index contributed by atoms with van der Waals surface area (Å²) in [6.45, 7) is 1.68. The number of hydrogen-bond acceptors (Lipinski definition) is 3. The first-order chi connectivity index (χ1) is 8.74. The van der Waals surface area contributed by atoms with E-state index < -0.39 is 6.03 Å². The summed E-state index contributed by atoms with van der Waals surface area (Å²) in [5.74, 6) is 0. The van der Waals surface area contributed by atoms with Crippen LogP contribution in [0.4, 0.5) is 16.2 Å². The Kier molecular flexibility index (Phi) is 4.41. The summed E-state index contributed by atoms with van der Waals surface area (Å²) in [7, 11) is 0. The van der Waals surface area contributed by atoms with E-state index in [1.165, 1.54) is 0 Å². The molecule has 18 heavy (non-hydrogen) atoms. The molecule has 1 aliphatic rings. The Bertz CT molecular complexity index is 384. The highest BCUT2D eigenvalue weighted by Gasteiger charge is 2.11. The maximum absolute atomic E-state index is 10.7. The molecule has 1 unspecified atom stereocenters. The molecule has 4 N–H and O–H groups in total. The fourth-order valence-corrected chi connectivity index (χ4v) is 2.08. The number of carbonyl (C=O) groups is 1. The maximum atomic E-state index is 10.7. The van der Waals surface area contributed by atoms with Crippen molar-refractivity contribution < 1.29 is 9.53 Å². The molecule has 1 aromatic carbocycles. The van der Waals surface area contributed by atoms with Crippen LogP contribution in [-0.2, 0) is 4.74 Å². The van der Waals surface area contributed by atoms with Crippen molar-refractivity contribution in [1.82, 2.24) is 0 Å². The number of nitrogens with two attached hydrogens (primary N) is 1. The number of primary amides is 1. The van der Waals surface area contributed by atoms with E-state index in [1.807, 2.05) is 24.3 Å². The zero-order valence-corrected chi connectivity index (χ0v) is 10.3. The summed E-state index contributed by atoms with van der Waals surface area (Å²) < 4.78 is 5.42. The van der Waals surface area contributed by atoms with Crippen LogP contribution in [0.5, 0.6) is 0 Å². The number of rotatable bonds is 3. The van der Waals surface area contributed by atoms with Crippen LogP contribution >= 0.6 is 0 Å². The van der Waals surface area contributed by atoms with Crippen LogP contribution in [0.1, 0.15) is 19.3 Å². The molecule has 98 valence electrons. The van der Waals surface area contributed by atoms with Crippen molar-refractivity contribution in [1.29, 1.82) is 0 Å². The monoisotopic (exact) mass is 249 g/mol. The molecule has 0 spiro atoms. The molecule has 1 fully saturated rings. The topological polar surface area (TPSA) is 76.4 Å². The van der Waals surface area contributed by atoms with Gasteiger partial charge in [-0.1, -0.05) is 0 Å². The van der Waals surface area contributed by atoms with Crippen LogP contribution in [-0.4, -0.2) is 25.3 Å². The van der Waals surface area contributed by atoms with Gasteiger partial charge >= 0.3 is 6.03 Å². The molecule has 0 aromatic heterocycles. The molecule has 5 heteroatoms. The average Bonchev–Trinajstić information content (AvgIpc) is 2.60. The molecule has 0 saturated carbocycles. The Morgan fingerprint density at radius 1 is 1.17 bits per heavy atom. The van der Waals surface area contributed by atoms with Crippen LogP contribution in [0.3, 0.4) is 0 Å². The highest BCUT2D eigenvalue weighted by molar-refractivity contribution is 5.87. The third-order valence-corrected chi connectivity index (χ3v) is 2.98. The van der Waals surface area contributed by atoms with Crippen molar-refractivity contribution in [3.8, 4) is 0 Å². The number of benzene rings is 1. The van der Waals surface area contributed by atoms with Gasteiger partial charge in [0.05, 0.1) is 0 Å². The van der Waals surface area contributed by atoms with Gasteiger partial charge in [-0.05, 0) is 43.5 Å². The summed E-state index contributed by atoms with van der Waals surface area (Å²) in [6.07, 6.45) is 3.25. The van der Waals surface area contributed by atoms with Gasteiger partial charge in [-0.2, -0.15) is 0 Å². The zero-order chi connectivity index (χ0) is 12.8. The van der Waals surface area contributed by atoms with Crippen molar-refractivity contribution in [3.63, 3.8) is 0 Å². The molecule has 1 atom stereocenters. The number of anilines is 2. The van der Waals surface area contributed by atoms with Crippen LogP contribution in [0.15, 0.2) is 24.3 Å². The van der Waals surface area contributed by atoms with E-state index in [1.54, 1.807) is 0 Å². The SMILES string of the molecule is NC(=O)Nc1ccc(NC2CCCOCC2)cc1. The number of hydrogen-bond donors (Lipinski definition) is 3. The van der Waals surface area contributed by atoms with E-state index in [4.69, 9.17) is 10.5 Å². The number of amides is 2. The molecule has 1 saturated heterocycles. The molecule has 0 radical (unpaired) electrons. The third kappa shape index (κ3) is 3.92. The van der Waals surface area contributed by atoms with Gasteiger partial charge in [-0.15, -0.1) is 0 Å². The van der Waals surface area contributed by atoms with Crippen molar-refractivity contribution in [2.24, 2.45) is 5.73 Å². The highest BCUT2D eigenvalue weighted by Crippen LogP contribution is 2.18. The Morgan fingerprint density at radius 2 is 1.89 bits per heavy atom. The molecule has 0 aliphatic carbocycles. The molecule has 1 heterocycles. The number of ether oxygens (including phenoxy) is 1. The van der Waals surface area contributed by atoms with Crippen molar-refractivity contribution in [2.45, 2.75) is 25.3 Å². The Balaban J connectivity index is 1.90. The van der Waals surface area contributed by atoms with Crippen LogP contribution in [0.2, 0.25) is 0 Å². The first-order valence-corrected chi connectivity index (χ1v) is 6.25. The van der Waals surface area contributed by atoms with E-state index in [2.05, 4.69) is 10.6 Å². The highest BCUT2D eigenvalue weighted by atomic mass is 16.5. The van der Waals surface area contributed by atoms with E-state index in [9.17, 15) is 4.79 Å². The first-order valence-electron chi connectivity index (χ1n) is 6.25. The lowest BCUT2D eigenvalue weighted by Crippen LogP contribution is -2.20. The second-order valence-electron chi connectivity index (χ2n) is 4.45. The fourth-order valence-electron chi connectivity index (χ4n) is 2.08. The minimum Gasteiger partial charge on any atom is -0.382 e. The van der Waals surface area contributed by atoms with Gasteiger partial charge in [-0.3, -0.25) is 0 Å². The standard InChI is InChI=1S/C13H19N3O2/c14-13(17)16-12-5-3-11(4-6-12)15-10-2-1-8-18-9-7-10/h3-6,10,15H,1-2,7-9H2,(H3,14,16,17). The number of urea groups is 1. The molecule has 5 nitrogen and oxygen atoms in total. The lowest BCUT2D eigenvalue weighted by atomic mass is 10.1. The number of carbonyl (C=O) groups excluding carboxylic acids is 1. The summed E-state index contributed by atoms with van der Waals surface area (Å²) in [4.78, 5) is 10.7. The smallest absolute Gasteiger partial charge is 0.316 e. The quantitative estimate of drug-likeness (QED) is 0.768. The molecule has 1 aliphatic heterocycles. The predicted molar refractivity (Wildman–Crippen MR) is 71.7 cm³/mol. The molecule has 2 amide bonds. The fraction of sp³-hybridized carbons (Fsp3) is 0.462. The van der Waals surface area contributed by atoms with E-state index in [-0.39, 0.29) is 0 Å². The lowest BCUT2D eigenvalue weighted by Gasteiger charge is -2.17. The molecular weight excluding hydrogens is 230 g/mol. The second-order valence-corrected chi connectivity index (χ2v) is 4.45. The summed E-state index contributed by atoms with van der Waals surface area (Å²) in [6, 6.07) is 7.47. The third-order valence-electron chi connectivity index (χ3n) is 2.98. The van der Waals surface area contributed by atoms with Crippen molar-refractivity contribution in [3.05, 3.63) is 24.3 Å². The average molecular weight is 249 g/mol. The Hall–Kier alpha value is -1.75. The van der Waals surface area contributed by atoms with E-state index >= 15 is 0 Å². The van der Waals surface area contributed by atoms with Gasteiger partial charge in [0.2, 0.25) is 0 Å². The molecule has 2 rings (SSSR count). The number of nitrogens with one attached hydrogen (secondary N) is 2. The second kappa shape index (κ2) is 6.26. The summed E-state index contributed by atoms with van der Waals surface area (Å²) in [5.41, 5.74) is 6.81. The first kappa shape index (κ1) is 12.7. The predicted octanol–water partition coefficient (Wildman–Crippen LogP) is 2.16. The largest absolute Gasteiger partial charge is 0.382 e. The van der Waals surface area contributed by atoms with Gasteiger partial charge < -0.3 is 21.1 Å². The Labute approximate surface area is 107 Å². The maximum Gasteiger partial charge on any atom is 0.316 e. The normalized spacial score (nSPS) is 19.9.